The van der Waals surface area contributed by atoms with E-state index in [4.69, 9.17) is 37.9 Å². The normalized spacial score (nSPS) is 15.8. The lowest BCUT2D eigenvalue weighted by molar-refractivity contribution is -0.697. The van der Waals surface area contributed by atoms with Crippen molar-refractivity contribution in [2.24, 2.45) is 0 Å². The van der Waals surface area contributed by atoms with Gasteiger partial charge in [0.15, 0.2) is 24.8 Å². The summed E-state index contributed by atoms with van der Waals surface area (Å²) in [5.41, 5.74) is 11.7. The van der Waals surface area contributed by atoms with Gasteiger partial charge in [0.2, 0.25) is 0 Å². The van der Waals surface area contributed by atoms with Crippen molar-refractivity contribution in [2.75, 3.05) is 79.3 Å². The third kappa shape index (κ3) is 15.9. The Balaban J connectivity index is 1.12. The highest BCUT2D eigenvalue weighted by Crippen LogP contribution is 2.39. The number of unbranched alkanes of at least 4 members (excludes halogenated alkanes) is 2. The monoisotopic (exact) mass is 1010 g/mol. The van der Waals surface area contributed by atoms with E-state index in [9.17, 15) is 0 Å². The quantitative estimate of drug-likeness (QED) is 0.0700. The van der Waals surface area contributed by atoms with Crippen LogP contribution in [0.25, 0.3) is 0 Å². The Morgan fingerprint density at radius 2 is 0.689 bits per heavy atom. The summed E-state index contributed by atoms with van der Waals surface area (Å²) < 4.78 is 55.9. The SMILES string of the molecule is CCC(C)c1cc[n+](CCCCOc2c3cccc2Cc2cccc4c2OCCOCCOCCOCCOCCOc2c(cccc2Cc2cccc(c2OCCCC[n+]2ccc(C(C)CC)cc2)C4)C3)cc1. The van der Waals surface area contributed by atoms with Crippen LogP contribution in [0.1, 0.15) is 134 Å². The molecule has 2 aliphatic rings. The minimum absolute atomic E-state index is 0.397. The molecular formula is C64H82N2O8+2. The number of aromatic nitrogens is 2. The molecule has 1 aliphatic heterocycles. The van der Waals surface area contributed by atoms with E-state index in [1.807, 2.05) is 0 Å². The molecule has 10 heteroatoms. The summed E-state index contributed by atoms with van der Waals surface area (Å²) in [5, 5.41) is 0. The first-order valence-electron chi connectivity index (χ1n) is 27.7. The molecule has 2 aromatic heterocycles. The maximum atomic E-state index is 6.99. The molecule has 0 N–H and O–H groups in total. The van der Waals surface area contributed by atoms with E-state index in [1.54, 1.807) is 0 Å². The molecule has 3 heterocycles. The second kappa shape index (κ2) is 29.3. The zero-order valence-corrected chi connectivity index (χ0v) is 44.8. The number of nitrogens with zero attached hydrogens (tertiary/aromatic N) is 2. The summed E-state index contributed by atoms with van der Waals surface area (Å²) in [6.07, 6.45) is 17.5. The predicted octanol–water partition coefficient (Wildman–Crippen LogP) is 11.5. The van der Waals surface area contributed by atoms with Gasteiger partial charge in [-0.15, -0.1) is 0 Å². The Kier molecular flexibility index (Phi) is 21.6. The Morgan fingerprint density at radius 1 is 0.392 bits per heavy atom. The minimum atomic E-state index is 0.397. The van der Waals surface area contributed by atoms with Crippen molar-refractivity contribution in [1.82, 2.24) is 0 Å². The number of aryl methyl sites for hydroxylation is 2. The van der Waals surface area contributed by atoms with Crippen molar-refractivity contribution in [3.05, 3.63) is 177 Å². The topological polar surface area (TPSA) is 81.6 Å². The average molecular weight is 1010 g/mol. The van der Waals surface area contributed by atoms with Gasteiger partial charge in [-0.2, -0.15) is 0 Å². The van der Waals surface area contributed by atoms with Crippen LogP contribution < -0.4 is 28.1 Å². The zero-order valence-electron chi connectivity index (χ0n) is 44.8. The minimum Gasteiger partial charge on any atom is -0.493 e. The van der Waals surface area contributed by atoms with Crippen LogP contribution in [-0.4, -0.2) is 79.3 Å². The fraction of sp³-hybridized carbons (Fsp3) is 0.469. The second-order valence-corrected chi connectivity index (χ2v) is 19.9. The van der Waals surface area contributed by atoms with E-state index >= 15 is 0 Å². The summed E-state index contributed by atoms with van der Waals surface area (Å²) in [4.78, 5) is 0. The number of rotatable bonds is 16. The van der Waals surface area contributed by atoms with Gasteiger partial charge in [0.05, 0.1) is 66.1 Å². The van der Waals surface area contributed by atoms with Gasteiger partial charge in [-0.05, 0) is 93.2 Å². The summed E-state index contributed by atoms with van der Waals surface area (Å²) in [5.74, 6) is 4.75. The summed E-state index contributed by atoms with van der Waals surface area (Å²) >= 11 is 0. The van der Waals surface area contributed by atoms with Crippen molar-refractivity contribution in [3.8, 4) is 23.0 Å². The molecular weight excluding hydrogens is 925 g/mol. The molecule has 10 nitrogen and oxygen atoms in total. The van der Waals surface area contributed by atoms with Crippen molar-refractivity contribution in [3.63, 3.8) is 0 Å². The predicted molar refractivity (Wildman–Crippen MR) is 291 cm³/mol. The number of ether oxygens (including phenoxy) is 8. The fourth-order valence-electron chi connectivity index (χ4n) is 9.90. The van der Waals surface area contributed by atoms with Crippen LogP contribution >= 0.6 is 0 Å². The van der Waals surface area contributed by atoms with Gasteiger partial charge in [-0.1, -0.05) is 100 Å². The molecule has 8 rings (SSSR count). The van der Waals surface area contributed by atoms with E-state index in [-0.39, 0.29) is 0 Å². The van der Waals surface area contributed by atoms with E-state index in [0.29, 0.717) is 117 Å². The molecule has 0 spiro atoms. The molecule has 74 heavy (non-hydrogen) atoms. The van der Waals surface area contributed by atoms with Crippen molar-refractivity contribution >= 4 is 0 Å². The molecule has 0 saturated heterocycles. The first-order valence-corrected chi connectivity index (χ1v) is 27.7. The molecule has 10 bridgehead atoms. The average Bonchev–Trinajstić information content (AvgIpc) is 3.42. The largest absolute Gasteiger partial charge is 0.493 e. The molecule has 2 unspecified atom stereocenters. The Morgan fingerprint density at radius 3 is 1.00 bits per heavy atom. The zero-order chi connectivity index (χ0) is 51.2. The number of fused-ring (bicyclic) bond motifs is 2. The molecule has 4 aromatic carbocycles. The van der Waals surface area contributed by atoms with Gasteiger partial charge in [0, 0.05) is 62.8 Å². The number of benzene rings is 4. The number of para-hydroxylation sites is 4. The second-order valence-electron chi connectivity index (χ2n) is 19.9. The van der Waals surface area contributed by atoms with Crippen LogP contribution in [0.4, 0.5) is 0 Å². The van der Waals surface area contributed by atoms with Crippen LogP contribution in [0.2, 0.25) is 0 Å². The molecule has 6 aromatic rings. The van der Waals surface area contributed by atoms with Gasteiger partial charge < -0.3 is 37.9 Å². The van der Waals surface area contributed by atoms with Gasteiger partial charge in [0.25, 0.3) is 0 Å². The fourth-order valence-corrected chi connectivity index (χ4v) is 9.90. The lowest BCUT2D eigenvalue weighted by atomic mass is 9.91. The third-order valence-corrected chi connectivity index (χ3v) is 14.6. The van der Waals surface area contributed by atoms with Crippen LogP contribution in [-0.2, 0) is 57.7 Å². The standard InChI is InChI=1S/C64H82N2O8/c1-5-49(3)51-23-29-65(30-24-51)27-7-9-33-71-61-53-15-11-16-54(61)46-58-20-14-22-60-48-56-18-12-17-55(62(56)72-34-10-8-28-66-31-25-52(26-32-66)50(4)6-2)47-59-21-13-19-57(45-53)63(59)73-43-41-69-39-37-67-35-36-68-38-40-70-42-44-74-64(58)60/h11-26,29-32,49-50H,5-10,27-28,33-48H2,1-4H3/q+2. The lowest BCUT2D eigenvalue weighted by Gasteiger charge is -2.23. The molecule has 1 aliphatic carbocycles. The van der Waals surface area contributed by atoms with Crippen molar-refractivity contribution in [2.45, 2.75) is 117 Å². The number of pyridine rings is 2. The molecule has 0 saturated carbocycles. The Bertz CT molecular complexity index is 2350. The van der Waals surface area contributed by atoms with Crippen molar-refractivity contribution in [1.29, 1.82) is 0 Å². The third-order valence-electron chi connectivity index (χ3n) is 14.6. The van der Waals surface area contributed by atoms with E-state index < -0.39 is 0 Å². The van der Waals surface area contributed by atoms with Crippen LogP contribution in [0, 0.1) is 0 Å². The van der Waals surface area contributed by atoms with Crippen LogP contribution in [0.5, 0.6) is 23.0 Å². The van der Waals surface area contributed by atoms with Crippen molar-refractivity contribution < 1.29 is 47.0 Å². The first-order chi connectivity index (χ1) is 36.5. The first kappa shape index (κ1) is 54.5. The molecule has 2 atom stereocenters. The highest BCUT2D eigenvalue weighted by Gasteiger charge is 2.22. The smallest absolute Gasteiger partial charge is 0.169 e. The summed E-state index contributed by atoms with van der Waals surface area (Å²) in [6, 6.07) is 35.4. The summed E-state index contributed by atoms with van der Waals surface area (Å²) in [7, 11) is 0. The molecule has 0 amide bonds. The highest BCUT2D eigenvalue weighted by molar-refractivity contribution is 5.56. The van der Waals surface area contributed by atoms with E-state index in [2.05, 4.69) is 159 Å². The Hall–Kier alpha value is -5.78. The number of hydrogen-bond acceptors (Lipinski definition) is 8. The van der Waals surface area contributed by atoms with E-state index in [0.717, 1.165) is 119 Å². The van der Waals surface area contributed by atoms with E-state index in [1.165, 1.54) is 11.1 Å². The highest BCUT2D eigenvalue weighted by atomic mass is 16.6. The maximum absolute atomic E-state index is 6.99. The van der Waals surface area contributed by atoms with Gasteiger partial charge >= 0.3 is 0 Å². The molecule has 0 radical (unpaired) electrons. The van der Waals surface area contributed by atoms with Gasteiger partial charge in [-0.25, -0.2) is 9.13 Å². The van der Waals surface area contributed by atoms with Gasteiger partial charge in [-0.3, -0.25) is 0 Å². The Labute approximate surface area is 441 Å². The van der Waals surface area contributed by atoms with Gasteiger partial charge in [0.1, 0.15) is 49.3 Å². The molecule has 0 fully saturated rings. The lowest BCUT2D eigenvalue weighted by Crippen LogP contribution is -2.32. The maximum Gasteiger partial charge on any atom is 0.169 e. The number of hydrogen-bond donors (Lipinski definition) is 0. The molecule has 394 valence electrons. The summed E-state index contributed by atoms with van der Waals surface area (Å²) in [6.45, 7) is 16.7. The van der Waals surface area contributed by atoms with Crippen LogP contribution in [0.3, 0.4) is 0 Å². The van der Waals surface area contributed by atoms with Crippen LogP contribution in [0.15, 0.2) is 122 Å².